The van der Waals surface area contributed by atoms with Crippen LogP contribution in [0.1, 0.15) is 5.56 Å². The Morgan fingerprint density at radius 1 is 1.11 bits per heavy atom. The Balaban J connectivity index is 2.27. The van der Waals surface area contributed by atoms with E-state index >= 15 is 0 Å². The average molecular weight is 329 g/mol. The maximum absolute atomic E-state index is 11.9. The number of aromatic nitrogens is 2. The van der Waals surface area contributed by atoms with E-state index in [0.29, 0.717) is 4.73 Å². The van der Waals surface area contributed by atoms with Crippen LogP contribution in [0.15, 0.2) is 46.3 Å². The van der Waals surface area contributed by atoms with Gasteiger partial charge in [0.15, 0.2) is 10.5 Å². The lowest BCUT2D eigenvalue weighted by molar-refractivity contribution is 0.483. The summed E-state index contributed by atoms with van der Waals surface area (Å²) in [6.45, 7) is 1.87. The van der Waals surface area contributed by atoms with E-state index < -0.39 is 10.1 Å². The van der Waals surface area contributed by atoms with E-state index in [1.54, 1.807) is 12.1 Å². The number of halogens is 1. The zero-order valence-corrected chi connectivity index (χ0v) is 11.8. The fourth-order valence-electron chi connectivity index (χ4n) is 1.22. The molecule has 0 fully saturated rings. The molecule has 0 radical (unpaired) electrons. The van der Waals surface area contributed by atoms with Gasteiger partial charge in [-0.3, -0.25) is 0 Å². The minimum absolute atomic E-state index is 0.0683. The molecule has 0 aliphatic rings. The molecule has 0 bridgehead atoms. The largest absolute Gasteiger partial charge is 0.376 e. The second-order valence-corrected chi connectivity index (χ2v) is 5.79. The molecule has 0 atom stereocenters. The number of rotatable bonds is 3. The zero-order chi connectivity index (χ0) is 13.2. The van der Waals surface area contributed by atoms with Crippen LogP contribution in [0.5, 0.6) is 5.75 Å². The van der Waals surface area contributed by atoms with E-state index in [-0.39, 0.29) is 10.6 Å². The smallest absolute Gasteiger partial charge is 0.339 e. The van der Waals surface area contributed by atoms with Gasteiger partial charge in [-0.2, -0.15) is 8.42 Å². The Hall–Kier alpha value is -1.47. The van der Waals surface area contributed by atoms with E-state index in [1.165, 1.54) is 24.5 Å². The van der Waals surface area contributed by atoms with Gasteiger partial charge in [0.05, 0.1) is 12.4 Å². The number of hydrogen-bond acceptors (Lipinski definition) is 5. The molecule has 0 saturated heterocycles. The first-order valence-corrected chi connectivity index (χ1v) is 7.16. The van der Waals surface area contributed by atoms with Crippen LogP contribution in [0.2, 0.25) is 0 Å². The van der Waals surface area contributed by atoms with Crippen LogP contribution in [0, 0.1) is 6.92 Å². The highest BCUT2D eigenvalue weighted by Crippen LogP contribution is 2.18. The maximum Gasteiger partial charge on any atom is 0.339 e. The first kappa shape index (κ1) is 13.0. The second kappa shape index (κ2) is 5.03. The monoisotopic (exact) mass is 328 g/mol. The third-order valence-corrected chi connectivity index (χ3v) is 3.78. The molecule has 0 amide bonds. The van der Waals surface area contributed by atoms with Gasteiger partial charge < -0.3 is 4.18 Å². The van der Waals surface area contributed by atoms with Crippen molar-refractivity contribution >= 4 is 26.0 Å². The summed E-state index contributed by atoms with van der Waals surface area (Å²) in [6.07, 6.45) is 2.56. The maximum atomic E-state index is 11.9. The van der Waals surface area contributed by atoms with Gasteiger partial charge in [-0.25, -0.2) is 9.97 Å². The molecule has 18 heavy (non-hydrogen) atoms. The molecule has 2 rings (SSSR count). The molecule has 5 nitrogen and oxygen atoms in total. The minimum Gasteiger partial charge on any atom is -0.376 e. The van der Waals surface area contributed by atoms with Crippen molar-refractivity contribution < 1.29 is 12.6 Å². The van der Waals surface area contributed by atoms with Gasteiger partial charge in [0.25, 0.3) is 0 Å². The molecule has 2 aromatic rings. The van der Waals surface area contributed by atoms with Crippen molar-refractivity contribution in [3.05, 3.63) is 47.0 Å². The van der Waals surface area contributed by atoms with Crippen LogP contribution in [-0.4, -0.2) is 18.4 Å². The standard InChI is InChI=1S/C11H9BrN2O3S/c1-8-2-4-10(5-3-8)18(15,16)17-9-6-13-11(12)14-7-9/h2-7H,1H3. The van der Waals surface area contributed by atoms with E-state index in [2.05, 4.69) is 25.9 Å². The van der Waals surface area contributed by atoms with Crippen LogP contribution < -0.4 is 4.18 Å². The van der Waals surface area contributed by atoms with Gasteiger partial charge in [0.1, 0.15) is 4.90 Å². The molecule has 0 spiro atoms. The number of aryl methyl sites for hydroxylation is 1. The van der Waals surface area contributed by atoms with Crippen molar-refractivity contribution in [3.63, 3.8) is 0 Å². The molecular formula is C11H9BrN2O3S. The van der Waals surface area contributed by atoms with Gasteiger partial charge in [-0.1, -0.05) is 17.7 Å². The summed E-state index contributed by atoms with van der Waals surface area (Å²) in [5.74, 6) is 0.0683. The molecule has 7 heteroatoms. The molecule has 0 aliphatic carbocycles. The number of benzene rings is 1. The SMILES string of the molecule is Cc1ccc(S(=O)(=O)Oc2cnc(Br)nc2)cc1. The summed E-state index contributed by atoms with van der Waals surface area (Å²) in [5, 5.41) is 0. The fraction of sp³-hybridized carbons (Fsp3) is 0.0909. The molecule has 0 unspecified atom stereocenters. The van der Waals surface area contributed by atoms with Crippen molar-refractivity contribution in [1.29, 1.82) is 0 Å². The van der Waals surface area contributed by atoms with Gasteiger partial charge in [0, 0.05) is 0 Å². The normalized spacial score (nSPS) is 11.2. The van der Waals surface area contributed by atoms with Gasteiger partial charge in [-0.05, 0) is 35.0 Å². The summed E-state index contributed by atoms with van der Waals surface area (Å²) in [6, 6.07) is 6.39. The van der Waals surface area contributed by atoms with Crippen molar-refractivity contribution in [2.45, 2.75) is 11.8 Å². The molecule has 1 aromatic carbocycles. The molecule has 94 valence electrons. The zero-order valence-electron chi connectivity index (χ0n) is 9.37. The lowest BCUT2D eigenvalue weighted by Gasteiger charge is -2.06. The van der Waals surface area contributed by atoms with Crippen LogP contribution in [-0.2, 0) is 10.1 Å². The minimum atomic E-state index is -3.84. The Kier molecular flexibility index (Phi) is 3.63. The van der Waals surface area contributed by atoms with Crippen LogP contribution in [0.3, 0.4) is 0 Å². The third kappa shape index (κ3) is 3.05. The Bertz CT molecular complexity index is 639. The molecule has 0 N–H and O–H groups in total. The van der Waals surface area contributed by atoms with Crippen LogP contribution >= 0.6 is 15.9 Å². The fourth-order valence-corrected chi connectivity index (χ4v) is 2.33. The molecule has 1 heterocycles. The summed E-state index contributed by atoms with van der Waals surface area (Å²) in [4.78, 5) is 7.67. The van der Waals surface area contributed by atoms with Crippen LogP contribution in [0.25, 0.3) is 0 Å². The Morgan fingerprint density at radius 3 is 2.22 bits per heavy atom. The van der Waals surface area contributed by atoms with E-state index in [0.717, 1.165) is 5.56 Å². The summed E-state index contributed by atoms with van der Waals surface area (Å²) in [7, 11) is -3.84. The summed E-state index contributed by atoms with van der Waals surface area (Å²) < 4.78 is 29.1. The Labute approximate surface area is 113 Å². The van der Waals surface area contributed by atoms with Gasteiger partial charge in [-0.15, -0.1) is 0 Å². The molecule has 0 aliphatic heterocycles. The highest BCUT2D eigenvalue weighted by atomic mass is 79.9. The van der Waals surface area contributed by atoms with E-state index in [4.69, 9.17) is 4.18 Å². The van der Waals surface area contributed by atoms with E-state index in [1.807, 2.05) is 6.92 Å². The van der Waals surface area contributed by atoms with Crippen molar-refractivity contribution in [2.75, 3.05) is 0 Å². The first-order valence-electron chi connectivity index (χ1n) is 4.96. The number of nitrogens with zero attached hydrogens (tertiary/aromatic N) is 2. The van der Waals surface area contributed by atoms with Crippen LogP contribution in [0.4, 0.5) is 0 Å². The number of hydrogen-bond donors (Lipinski definition) is 0. The van der Waals surface area contributed by atoms with Gasteiger partial charge >= 0.3 is 10.1 Å². The third-order valence-electron chi connectivity index (χ3n) is 2.11. The highest BCUT2D eigenvalue weighted by molar-refractivity contribution is 9.10. The topological polar surface area (TPSA) is 69.2 Å². The predicted octanol–water partition coefficient (Wildman–Crippen LogP) is 2.32. The van der Waals surface area contributed by atoms with Crippen molar-refractivity contribution in [1.82, 2.24) is 9.97 Å². The molecule has 0 saturated carbocycles. The summed E-state index contributed by atoms with van der Waals surface area (Å²) in [5.41, 5.74) is 0.973. The Morgan fingerprint density at radius 2 is 1.67 bits per heavy atom. The second-order valence-electron chi connectivity index (χ2n) is 3.54. The van der Waals surface area contributed by atoms with E-state index in [9.17, 15) is 8.42 Å². The van der Waals surface area contributed by atoms with Crippen molar-refractivity contribution in [3.8, 4) is 5.75 Å². The quantitative estimate of drug-likeness (QED) is 0.638. The van der Waals surface area contributed by atoms with Gasteiger partial charge in [0.2, 0.25) is 0 Å². The lowest BCUT2D eigenvalue weighted by atomic mass is 10.2. The lowest BCUT2D eigenvalue weighted by Crippen LogP contribution is -2.10. The average Bonchev–Trinajstić information content (AvgIpc) is 2.32. The molecular weight excluding hydrogens is 320 g/mol. The molecule has 1 aromatic heterocycles. The highest BCUT2D eigenvalue weighted by Gasteiger charge is 2.16. The van der Waals surface area contributed by atoms with Crippen molar-refractivity contribution in [2.24, 2.45) is 0 Å². The predicted molar refractivity (Wildman–Crippen MR) is 68.7 cm³/mol. The summed E-state index contributed by atoms with van der Waals surface area (Å²) >= 11 is 3.05. The first-order chi connectivity index (χ1) is 8.47.